The number of nitrogens with zero attached hydrogens (tertiary/aromatic N) is 1. The maximum Gasteiger partial charge on any atom is 0.339 e. The van der Waals surface area contributed by atoms with E-state index >= 15 is 0 Å². The SMILES string of the molecule is CC(OC(=O)c1cc(-c2cccs2)nc2ccccc12)C(=O)NCc1ccc2c(c1)OCO2. The van der Waals surface area contributed by atoms with Crippen LogP contribution in [0.2, 0.25) is 0 Å². The lowest BCUT2D eigenvalue weighted by Crippen LogP contribution is -2.35. The number of rotatable bonds is 6. The van der Waals surface area contributed by atoms with E-state index in [0.29, 0.717) is 33.7 Å². The quantitative estimate of drug-likeness (QED) is 0.425. The lowest BCUT2D eigenvalue weighted by Gasteiger charge is -2.15. The van der Waals surface area contributed by atoms with Gasteiger partial charge in [-0.1, -0.05) is 30.3 Å². The second-order valence-electron chi connectivity index (χ2n) is 7.50. The Hall–Kier alpha value is -3.91. The van der Waals surface area contributed by atoms with Crippen LogP contribution in [0, 0.1) is 0 Å². The fraction of sp³-hybridized carbons (Fsp3) is 0.160. The molecule has 0 radical (unpaired) electrons. The van der Waals surface area contributed by atoms with Crippen LogP contribution >= 0.6 is 11.3 Å². The minimum Gasteiger partial charge on any atom is -0.454 e. The van der Waals surface area contributed by atoms with Crippen LogP contribution in [0.1, 0.15) is 22.8 Å². The summed E-state index contributed by atoms with van der Waals surface area (Å²) in [6, 6.07) is 18.4. The Morgan fingerprint density at radius 2 is 1.94 bits per heavy atom. The summed E-state index contributed by atoms with van der Waals surface area (Å²) in [5, 5.41) is 5.43. The minimum absolute atomic E-state index is 0.190. The number of esters is 1. The first-order valence-electron chi connectivity index (χ1n) is 10.4. The normalized spacial score (nSPS) is 13.0. The van der Waals surface area contributed by atoms with Crippen LogP contribution in [0.5, 0.6) is 11.5 Å². The summed E-state index contributed by atoms with van der Waals surface area (Å²) in [7, 11) is 0. The Bertz CT molecular complexity index is 1340. The van der Waals surface area contributed by atoms with Crippen LogP contribution in [0.15, 0.2) is 66.0 Å². The molecule has 1 aliphatic rings. The summed E-state index contributed by atoms with van der Waals surface area (Å²) >= 11 is 1.54. The van der Waals surface area contributed by atoms with Crippen LogP contribution in [-0.4, -0.2) is 29.8 Å². The highest BCUT2D eigenvalue weighted by Gasteiger charge is 2.22. The van der Waals surface area contributed by atoms with Gasteiger partial charge in [0.25, 0.3) is 5.91 Å². The fourth-order valence-corrected chi connectivity index (χ4v) is 4.24. The van der Waals surface area contributed by atoms with Gasteiger partial charge >= 0.3 is 5.97 Å². The maximum atomic E-state index is 13.0. The number of pyridine rings is 1. The maximum absolute atomic E-state index is 13.0. The number of nitrogens with one attached hydrogen (secondary N) is 1. The molecule has 33 heavy (non-hydrogen) atoms. The van der Waals surface area contributed by atoms with E-state index in [0.717, 1.165) is 10.4 Å². The van der Waals surface area contributed by atoms with E-state index in [-0.39, 0.29) is 13.3 Å². The average Bonchev–Trinajstić information content (AvgIpc) is 3.53. The largest absolute Gasteiger partial charge is 0.454 e. The van der Waals surface area contributed by atoms with Crippen molar-refractivity contribution in [1.29, 1.82) is 0 Å². The molecule has 4 aromatic rings. The summed E-state index contributed by atoms with van der Waals surface area (Å²) in [5.74, 6) is 0.362. The van der Waals surface area contributed by atoms with Crippen LogP contribution in [-0.2, 0) is 16.1 Å². The van der Waals surface area contributed by atoms with Crippen molar-refractivity contribution >= 4 is 34.1 Å². The first-order chi connectivity index (χ1) is 16.1. The van der Waals surface area contributed by atoms with Gasteiger partial charge in [0.1, 0.15) is 0 Å². The van der Waals surface area contributed by atoms with Gasteiger partial charge in [-0.05, 0) is 48.2 Å². The zero-order chi connectivity index (χ0) is 22.8. The highest BCUT2D eigenvalue weighted by Crippen LogP contribution is 2.32. The molecule has 1 N–H and O–H groups in total. The number of ether oxygens (including phenoxy) is 3. The predicted molar refractivity (Wildman–Crippen MR) is 124 cm³/mol. The Kier molecular flexibility index (Phi) is 5.66. The van der Waals surface area contributed by atoms with Gasteiger partial charge in [-0.3, -0.25) is 4.79 Å². The van der Waals surface area contributed by atoms with Gasteiger partial charge in [0.15, 0.2) is 17.6 Å². The second kappa shape index (κ2) is 8.91. The molecule has 1 aliphatic heterocycles. The summed E-state index contributed by atoms with van der Waals surface area (Å²) in [6.07, 6.45) is -0.969. The zero-order valence-electron chi connectivity index (χ0n) is 17.7. The van der Waals surface area contributed by atoms with E-state index in [1.165, 1.54) is 0 Å². The van der Waals surface area contributed by atoms with E-state index in [4.69, 9.17) is 14.2 Å². The Morgan fingerprint density at radius 3 is 2.79 bits per heavy atom. The van der Waals surface area contributed by atoms with Gasteiger partial charge in [-0.15, -0.1) is 11.3 Å². The van der Waals surface area contributed by atoms with Crippen molar-refractivity contribution in [3.63, 3.8) is 0 Å². The molecule has 0 bridgehead atoms. The molecular formula is C25H20N2O5S. The topological polar surface area (TPSA) is 86.8 Å². The van der Waals surface area contributed by atoms with Crippen LogP contribution in [0.3, 0.4) is 0 Å². The van der Waals surface area contributed by atoms with Gasteiger partial charge in [0, 0.05) is 11.9 Å². The summed E-state index contributed by atoms with van der Waals surface area (Å²) in [6.45, 7) is 2.02. The number of fused-ring (bicyclic) bond motifs is 2. The standard InChI is InChI=1S/C25H20N2O5S/c1-15(24(28)26-13-16-8-9-21-22(11-16)31-14-30-21)32-25(29)18-12-20(23-7-4-10-33-23)27-19-6-3-2-5-17(18)19/h2-12,15H,13-14H2,1H3,(H,26,28). The number of benzene rings is 2. The number of hydrogen-bond donors (Lipinski definition) is 1. The lowest BCUT2D eigenvalue weighted by atomic mass is 10.1. The van der Waals surface area contributed by atoms with E-state index in [1.54, 1.807) is 30.4 Å². The first kappa shape index (κ1) is 21.0. The molecule has 2 aromatic heterocycles. The summed E-state index contributed by atoms with van der Waals surface area (Å²) in [4.78, 5) is 31.2. The van der Waals surface area contributed by atoms with Crippen molar-refractivity contribution in [2.75, 3.05) is 6.79 Å². The first-order valence-corrected chi connectivity index (χ1v) is 11.3. The summed E-state index contributed by atoms with van der Waals surface area (Å²) < 4.78 is 16.2. The van der Waals surface area contributed by atoms with E-state index < -0.39 is 18.0 Å². The number of aromatic nitrogens is 1. The number of thiophene rings is 1. The zero-order valence-corrected chi connectivity index (χ0v) is 18.6. The molecule has 7 nitrogen and oxygen atoms in total. The smallest absolute Gasteiger partial charge is 0.339 e. The molecule has 0 aliphatic carbocycles. The van der Waals surface area contributed by atoms with Gasteiger partial charge in [-0.25, -0.2) is 9.78 Å². The fourth-order valence-electron chi connectivity index (χ4n) is 3.56. The van der Waals surface area contributed by atoms with E-state index in [9.17, 15) is 9.59 Å². The van der Waals surface area contributed by atoms with Crippen molar-refractivity contribution in [2.45, 2.75) is 19.6 Å². The van der Waals surface area contributed by atoms with Crippen molar-refractivity contribution in [3.8, 4) is 22.1 Å². The molecule has 1 amide bonds. The third-order valence-corrected chi connectivity index (χ3v) is 6.16. The number of amides is 1. The number of para-hydroxylation sites is 1. The third-order valence-electron chi connectivity index (χ3n) is 5.27. The van der Waals surface area contributed by atoms with Gasteiger partial charge in [-0.2, -0.15) is 0 Å². The molecule has 0 saturated heterocycles. The Morgan fingerprint density at radius 1 is 1.09 bits per heavy atom. The number of carbonyl (C=O) groups is 2. The molecule has 8 heteroatoms. The van der Waals surface area contributed by atoms with Crippen molar-refractivity contribution in [1.82, 2.24) is 10.3 Å². The molecular weight excluding hydrogens is 440 g/mol. The highest BCUT2D eigenvalue weighted by molar-refractivity contribution is 7.13. The molecule has 1 unspecified atom stereocenters. The van der Waals surface area contributed by atoms with E-state index in [2.05, 4.69) is 10.3 Å². The molecule has 5 rings (SSSR count). The van der Waals surface area contributed by atoms with Gasteiger partial charge in [0.05, 0.1) is 21.7 Å². The number of carbonyl (C=O) groups excluding carboxylic acids is 2. The van der Waals surface area contributed by atoms with Crippen LogP contribution < -0.4 is 14.8 Å². The Balaban J connectivity index is 1.30. The second-order valence-corrected chi connectivity index (χ2v) is 8.45. The van der Waals surface area contributed by atoms with Crippen molar-refractivity contribution in [2.24, 2.45) is 0 Å². The molecule has 0 spiro atoms. The minimum atomic E-state index is -0.969. The predicted octanol–water partition coefficient (Wildman–Crippen LogP) is 4.55. The van der Waals surface area contributed by atoms with Crippen LogP contribution in [0.4, 0.5) is 0 Å². The van der Waals surface area contributed by atoms with Crippen LogP contribution in [0.25, 0.3) is 21.5 Å². The Labute approximate surface area is 193 Å². The molecule has 0 saturated carbocycles. The molecule has 0 fully saturated rings. The number of hydrogen-bond acceptors (Lipinski definition) is 7. The molecule has 166 valence electrons. The highest BCUT2D eigenvalue weighted by atomic mass is 32.1. The lowest BCUT2D eigenvalue weighted by molar-refractivity contribution is -0.129. The van der Waals surface area contributed by atoms with Crippen molar-refractivity contribution in [3.05, 3.63) is 77.2 Å². The molecule has 3 heterocycles. The molecule has 1 atom stereocenters. The van der Waals surface area contributed by atoms with Crippen molar-refractivity contribution < 1.29 is 23.8 Å². The third kappa shape index (κ3) is 4.38. The van der Waals surface area contributed by atoms with E-state index in [1.807, 2.05) is 53.9 Å². The monoisotopic (exact) mass is 460 g/mol. The molecule has 2 aromatic carbocycles. The van der Waals surface area contributed by atoms with Gasteiger partial charge < -0.3 is 19.5 Å². The average molecular weight is 461 g/mol. The van der Waals surface area contributed by atoms with Gasteiger partial charge in [0.2, 0.25) is 6.79 Å². The summed E-state index contributed by atoms with van der Waals surface area (Å²) in [5.41, 5.74) is 2.61.